The van der Waals surface area contributed by atoms with Crippen LogP contribution in [0.25, 0.3) is 21.9 Å². The average molecular weight is 302 g/mol. The van der Waals surface area contributed by atoms with Crippen LogP contribution in [0.5, 0.6) is 5.75 Å². The van der Waals surface area contributed by atoms with Gasteiger partial charge in [-0.2, -0.15) is 0 Å². The highest BCUT2D eigenvalue weighted by Crippen LogP contribution is 2.23. The van der Waals surface area contributed by atoms with Gasteiger partial charge in [-0.05, 0) is 30.3 Å². The van der Waals surface area contributed by atoms with Gasteiger partial charge in [0.1, 0.15) is 22.9 Å². The van der Waals surface area contributed by atoms with Gasteiger partial charge < -0.3 is 14.3 Å². The molecule has 1 aromatic heterocycles. The molecule has 3 rings (SSSR count). The molecule has 0 radical (unpaired) electrons. The average Bonchev–Trinajstić information content (AvgIpc) is 2.47. The van der Waals surface area contributed by atoms with Crippen LogP contribution in [0.1, 0.15) is 10.4 Å². The van der Waals surface area contributed by atoms with Gasteiger partial charge in [-0.1, -0.05) is 0 Å². The van der Waals surface area contributed by atoms with E-state index in [1.807, 2.05) is 0 Å². The van der Waals surface area contributed by atoms with Crippen LogP contribution in [0.15, 0.2) is 45.6 Å². The van der Waals surface area contributed by atoms with Crippen LogP contribution < -0.4 is 10.2 Å². The number of ether oxygens (including phenoxy) is 1. The maximum absolute atomic E-state index is 12.4. The number of thiol groups is 1. The summed E-state index contributed by atoms with van der Waals surface area (Å²) in [5, 5.41) is 9.60. The summed E-state index contributed by atoms with van der Waals surface area (Å²) < 4.78 is 10.9. The van der Waals surface area contributed by atoms with Gasteiger partial charge in [-0.15, -0.1) is 12.6 Å². The summed E-state index contributed by atoms with van der Waals surface area (Å²) in [6.45, 7) is 0. The Bertz CT molecular complexity index is 913. The number of aromatic carboxylic acids is 1. The Morgan fingerprint density at radius 2 is 1.95 bits per heavy atom. The maximum atomic E-state index is 12.4. The second-order valence-electron chi connectivity index (χ2n) is 4.38. The molecule has 0 bridgehead atoms. The molecule has 21 heavy (non-hydrogen) atoms. The van der Waals surface area contributed by atoms with Gasteiger partial charge in [-0.3, -0.25) is 4.79 Å². The normalized spacial score (nSPS) is 10.9. The van der Waals surface area contributed by atoms with Crippen LogP contribution >= 0.6 is 12.6 Å². The van der Waals surface area contributed by atoms with E-state index in [1.54, 1.807) is 18.2 Å². The number of rotatable bonds is 3. The first-order valence-electron chi connectivity index (χ1n) is 6.08. The molecule has 3 aromatic rings. The van der Waals surface area contributed by atoms with Crippen LogP contribution in [-0.4, -0.2) is 17.0 Å². The van der Waals surface area contributed by atoms with Gasteiger partial charge in [0.15, 0.2) is 0 Å². The first kappa shape index (κ1) is 13.5. The van der Waals surface area contributed by atoms with Crippen molar-refractivity contribution in [3.05, 3.63) is 52.2 Å². The van der Waals surface area contributed by atoms with Crippen molar-refractivity contribution in [2.45, 2.75) is 0 Å². The fraction of sp³-hybridized carbons (Fsp3) is 0.0667. The second-order valence-corrected chi connectivity index (χ2v) is 4.64. The molecule has 0 saturated heterocycles. The SMILES string of the molecule is O=C(O)c1ccc2oc3cc(OCS)ccc3c(=O)c2c1. The van der Waals surface area contributed by atoms with Crippen LogP contribution in [0.4, 0.5) is 0 Å². The fourth-order valence-electron chi connectivity index (χ4n) is 2.13. The Kier molecular flexibility index (Phi) is 3.31. The monoisotopic (exact) mass is 302 g/mol. The molecule has 1 N–H and O–H groups in total. The van der Waals surface area contributed by atoms with Crippen LogP contribution in [-0.2, 0) is 0 Å². The number of hydrogen-bond donors (Lipinski definition) is 2. The van der Waals surface area contributed by atoms with Gasteiger partial charge in [-0.25, -0.2) is 4.79 Å². The quantitative estimate of drug-likeness (QED) is 0.442. The highest BCUT2D eigenvalue weighted by molar-refractivity contribution is 7.80. The van der Waals surface area contributed by atoms with E-state index in [-0.39, 0.29) is 22.3 Å². The summed E-state index contributed by atoms with van der Waals surface area (Å²) in [5.41, 5.74) is 0.492. The largest absolute Gasteiger partial charge is 0.483 e. The van der Waals surface area contributed by atoms with Crippen molar-refractivity contribution in [1.29, 1.82) is 0 Å². The molecule has 106 valence electrons. The Balaban J connectivity index is 2.32. The summed E-state index contributed by atoms with van der Waals surface area (Å²) in [7, 11) is 0. The summed E-state index contributed by atoms with van der Waals surface area (Å²) >= 11 is 3.97. The molecule has 0 aliphatic carbocycles. The molecule has 0 amide bonds. The van der Waals surface area contributed by atoms with Crippen molar-refractivity contribution in [3.63, 3.8) is 0 Å². The standard InChI is InChI=1S/C15H10O5S/c16-14-10-3-2-9(19-7-21)6-13(10)20-12-4-1-8(15(17)18)5-11(12)14/h1-6,21H,7H2,(H,17,18). The molecule has 0 fully saturated rings. The van der Waals surface area contributed by atoms with Gasteiger partial charge in [0, 0.05) is 6.07 Å². The minimum Gasteiger partial charge on any atom is -0.483 e. The van der Waals surface area contributed by atoms with Crippen molar-refractivity contribution >= 4 is 40.5 Å². The van der Waals surface area contributed by atoms with E-state index in [0.29, 0.717) is 22.3 Å². The Morgan fingerprint density at radius 1 is 1.14 bits per heavy atom. The predicted molar refractivity (Wildman–Crippen MR) is 81.4 cm³/mol. The molecule has 1 heterocycles. The van der Waals surface area contributed by atoms with E-state index in [1.165, 1.54) is 18.2 Å². The van der Waals surface area contributed by atoms with Gasteiger partial charge in [0.25, 0.3) is 0 Å². The highest BCUT2D eigenvalue weighted by atomic mass is 32.1. The third-order valence-corrected chi connectivity index (χ3v) is 3.25. The fourth-order valence-corrected chi connectivity index (χ4v) is 2.28. The predicted octanol–water partition coefficient (Wildman–Crippen LogP) is 2.91. The van der Waals surface area contributed by atoms with Crippen molar-refractivity contribution in [2.75, 3.05) is 5.94 Å². The van der Waals surface area contributed by atoms with E-state index in [0.717, 1.165) is 0 Å². The number of carbonyl (C=O) groups is 1. The minimum atomic E-state index is -1.09. The molecular weight excluding hydrogens is 292 g/mol. The molecule has 0 spiro atoms. The zero-order valence-electron chi connectivity index (χ0n) is 10.7. The molecule has 0 aliphatic rings. The Labute approximate surface area is 124 Å². The molecule has 6 heteroatoms. The first-order valence-corrected chi connectivity index (χ1v) is 6.71. The zero-order chi connectivity index (χ0) is 15.0. The first-order chi connectivity index (χ1) is 10.1. The van der Waals surface area contributed by atoms with E-state index in [4.69, 9.17) is 14.3 Å². The topological polar surface area (TPSA) is 76.7 Å². The van der Waals surface area contributed by atoms with Crippen LogP contribution in [0, 0.1) is 0 Å². The third-order valence-electron chi connectivity index (χ3n) is 3.12. The highest BCUT2D eigenvalue weighted by Gasteiger charge is 2.11. The Hall–Kier alpha value is -2.47. The molecular formula is C15H10O5S. The van der Waals surface area contributed by atoms with E-state index in [2.05, 4.69) is 12.6 Å². The van der Waals surface area contributed by atoms with Crippen molar-refractivity contribution in [3.8, 4) is 5.75 Å². The van der Waals surface area contributed by atoms with Crippen molar-refractivity contribution < 1.29 is 19.1 Å². The zero-order valence-corrected chi connectivity index (χ0v) is 11.6. The smallest absolute Gasteiger partial charge is 0.335 e. The molecule has 2 aromatic carbocycles. The van der Waals surface area contributed by atoms with E-state index in [9.17, 15) is 9.59 Å². The minimum absolute atomic E-state index is 0.0455. The van der Waals surface area contributed by atoms with Crippen molar-refractivity contribution in [2.24, 2.45) is 0 Å². The van der Waals surface area contributed by atoms with Gasteiger partial charge in [0.05, 0.1) is 16.3 Å². The lowest BCUT2D eigenvalue weighted by Crippen LogP contribution is -2.04. The van der Waals surface area contributed by atoms with Crippen LogP contribution in [0.3, 0.4) is 0 Å². The molecule has 0 unspecified atom stereocenters. The maximum Gasteiger partial charge on any atom is 0.335 e. The number of fused-ring (bicyclic) bond motifs is 2. The summed E-state index contributed by atoms with van der Waals surface area (Å²) in [5.74, 6) is -0.332. The number of hydrogen-bond acceptors (Lipinski definition) is 5. The van der Waals surface area contributed by atoms with E-state index < -0.39 is 5.97 Å². The number of carboxylic acid groups (broad SMARTS) is 1. The van der Waals surface area contributed by atoms with Gasteiger partial charge >= 0.3 is 5.97 Å². The summed E-state index contributed by atoms with van der Waals surface area (Å²) in [4.78, 5) is 23.4. The molecule has 0 saturated carbocycles. The summed E-state index contributed by atoms with van der Waals surface area (Å²) in [6, 6.07) is 9.03. The Morgan fingerprint density at radius 3 is 2.67 bits per heavy atom. The molecule has 0 atom stereocenters. The lowest BCUT2D eigenvalue weighted by atomic mass is 10.1. The van der Waals surface area contributed by atoms with E-state index >= 15 is 0 Å². The lowest BCUT2D eigenvalue weighted by molar-refractivity contribution is 0.0697. The molecule has 0 aliphatic heterocycles. The number of benzene rings is 2. The second kappa shape index (κ2) is 5.14. The lowest BCUT2D eigenvalue weighted by Gasteiger charge is -2.05. The third kappa shape index (κ3) is 2.34. The van der Waals surface area contributed by atoms with Gasteiger partial charge in [0.2, 0.25) is 5.43 Å². The number of carboxylic acids is 1. The van der Waals surface area contributed by atoms with Crippen LogP contribution in [0.2, 0.25) is 0 Å². The summed E-state index contributed by atoms with van der Waals surface area (Å²) in [6.07, 6.45) is 0. The molecule has 5 nitrogen and oxygen atoms in total. The van der Waals surface area contributed by atoms with Crippen molar-refractivity contribution in [1.82, 2.24) is 0 Å².